The molecule has 0 aromatic carbocycles. The molecule has 0 aromatic rings. The lowest BCUT2D eigenvalue weighted by molar-refractivity contribution is -0.0227. The number of rotatable bonds is 1. The topological polar surface area (TPSA) is 64.8 Å². The molecule has 0 saturated carbocycles. The van der Waals surface area contributed by atoms with Gasteiger partial charge in [-0.2, -0.15) is 0 Å². The van der Waals surface area contributed by atoms with Crippen LogP contribution in [0.5, 0.6) is 0 Å². The van der Waals surface area contributed by atoms with Crippen LogP contribution in [-0.4, -0.2) is 49.4 Å². The van der Waals surface area contributed by atoms with Crippen LogP contribution < -0.4 is 5.73 Å². The maximum Gasteiger partial charge on any atom is 0.410 e. The SMILES string of the molecule is Cl.NCC12COCCN1C(=O)OC2. The summed E-state index contributed by atoms with van der Waals surface area (Å²) in [7, 11) is 0. The Labute approximate surface area is 82.6 Å². The molecule has 2 rings (SSSR count). The predicted molar refractivity (Wildman–Crippen MR) is 47.9 cm³/mol. The van der Waals surface area contributed by atoms with Gasteiger partial charge in [0.15, 0.2) is 0 Å². The molecular weight excluding hydrogens is 196 g/mol. The van der Waals surface area contributed by atoms with Crippen molar-refractivity contribution in [2.24, 2.45) is 5.73 Å². The molecule has 2 aliphatic rings. The van der Waals surface area contributed by atoms with E-state index in [0.717, 1.165) is 0 Å². The number of cyclic esters (lactones) is 1. The smallest absolute Gasteiger partial charge is 0.410 e. The maximum absolute atomic E-state index is 11.2. The molecule has 13 heavy (non-hydrogen) atoms. The number of carbonyl (C=O) groups is 1. The fraction of sp³-hybridized carbons (Fsp3) is 0.857. The lowest BCUT2D eigenvalue weighted by atomic mass is 10.0. The first kappa shape index (κ1) is 10.6. The molecule has 2 N–H and O–H groups in total. The Morgan fingerprint density at radius 2 is 2.31 bits per heavy atom. The van der Waals surface area contributed by atoms with Crippen molar-refractivity contribution in [1.29, 1.82) is 0 Å². The minimum Gasteiger partial charge on any atom is -0.447 e. The second-order valence-electron chi connectivity index (χ2n) is 3.19. The van der Waals surface area contributed by atoms with Gasteiger partial charge in [0.2, 0.25) is 0 Å². The Morgan fingerprint density at radius 1 is 1.54 bits per heavy atom. The van der Waals surface area contributed by atoms with Gasteiger partial charge >= 0.3 is 6.09 Å². The van der Waals surface area contributed by atoms with Crippen molar-refractivity contribution in [3.8, 4) is 0 Å². The molecule has 5 nitrogen and oxygen atoms in total. The maximum atomic E-state index is 11.2. The highest BCUT2D eigenvalue weighted by atomic mass is 35.5. The zero-order valence-electron chi connectivity index (χ0n) is 7.19. The fourth-order valence-corrected chi connectivity index (χ4v) is 1.64. The summed E-state index contributed by atoms with van der Waals surface area (Å²) in [5.41, 5.74) is 5.21. The third-order valence-electron chi connectivity index (χ3n) is 2.47. The number of morpholine rings is 1. The summed E-state index contributed by atoms with van der Waals surface area (Å²) in [4.78, 5) is 12.8. The van der Waals surface area contributed by atoms with E-state index in [9.17, 15) is 4.79 Å². The number of nitrogens with zero attached hydrogens (tertiary/aromatic N) is 1. The Hall–Kier alpha value is -0.520. The Morgan fingerprint density at radius 3 is 2.92 bits per heavy atom. The zero-order chi connectivity index (χ0) is 8.60. The molecule has 2 aliphatic heterocycles. The van der Waals surface area contributed by atoms with Gasteiger partial charge in [0.25, 0.3) is 0 Å². The van der Waals surface area contributed by atoms with Crippen molar-refractivity contribution in [3.05, 3.63) is 0 Å². The number of halogens is 1. The predicted octanol–water partition coefficient (Wildman–Crippen LogP) is -0.412. The molecule has 2 fully saturated rings. The molecule has 2 saturated heterocycles. The van der Waals surface area contributed by atoms with E-state index in [1.165, 1.54) is 0 Å². The normalized spacial score (nSPS) is 32.1. The van der Waals surface area contributed by atoms with Crippen molar-refractivity contribution >= 4 is 18.5 Å². The standard InChI is InChI=1S/C7H12N2O3.ClH/c8-3-7-4-11-2-1-9(7)6(10)12-5-7;/h1-5,8H2;1H. The molecule has 1 unspecified atom stereocenters. The number of hydrogen-bond acceptors (Lipinski definition) is 4. The van der Waals surface area contributed by atoms with E-state index in [4.69, 9.17) is 15.2 Å². The van der Waals surface area contributed by atoms with Crippen LogP contribution >= 0.6 is 12.4 Å². The molecule has 1 amide bonds. The number of ether oxygens (including phenoxy) is 2. The summed E-state index contributed by atoms with van der Waals surface area (Å²) >= 11 is 0. The molecular formula is C7H13ClN2O3. The summed E-state index contributed by atoms with van der Waals surface area (Å²) in [6, 6.07) is 0. The minimum absolute atomic E-state index is 0. The average molecular weight is 209 g/mol. The average Bonchev–Trinajstić information content (AvgIpc) is 2.46. The van der Waals surface area contributed by atoms with E-state index in [1.807, 2.05) is 0 Å². The molecule has 0 bridgehead atoms. The van der Waals surface area contributed by atoms with Crippen LogP contribution in [0.15, 0.2) is 0 Å². The van der Waals surface area contributed by atoms with Crippen molar-refractivity contribution in [2.45, 2.75) is 5.54 Å². The number of amides is 1. The van der Waals surface area contributed by atoms with E-state index in [2.05, 4.69) is 0 Å². The minimum atomic E-state index is -0.380. The van der Waals surface area contributed by atoms with Gasteiger partial charge in [-0.05, 0) is 0 Å². The van der Waals surface area contributed by atoms with E-state index < -0.39 is 0 Å². The number of nitrogens with two attached hydrogens (primary N) is 1. The van der Waals surface area contributed by atoms with E-state index in [0.29, 0.717) is 32.9 Å². The van der Waals surface area contributed by atoms with Gasteiger partial charge in [-0.25, -0.2) is 4.79 Å². The second-order valence-corrected chi connectivity index (χ2v) is 3.19. The van der Waals surface area contributed by atoms with Gasteiger partial charge in [0.05, 0.1) is 13.2 Å². The summed E-state index contributed by atoms with van der Waals surface area (Å²) in [5, 5.41) is 0. The van der Waals surface area contributed by atoms with Crippen LogP contribution in [0.25, 0.3) is 0 Å². The van der Waals surface area contributed by atoms with Crippen LogP contribution in [0.4, 0.5) is 4.79 Å². The van der Waals surface area contributed by atoms with Gasteiger partial charge in [-0.15, -0.1) is 12.4 Å². The quantitative estimate of drug-likeness (QED) is 0.636. The van der Waals surface area contributed by atoms with Crippen molar-refractivity contribution < 1.29 is 14.3 Å². The molecule has 1 atom stereocenters. The molecule has 0 aliphatic carbocycles. The molecule has 0 spiro atoms. The molecule has 2 heterocycles. The third-order valence-corrected chi connectivity index (χ3v) is 2.47. The van der Waals surface area contributed by atoms with Gasteiger partial charge in [-0.3, -0.25) is 4.90 Å². The molecule has 6 heteroatoms. The lowest BCUT2D eigenvalue weighted by Gasteiger charge is -2.37. The number of hydrogen-bond donors (Lipinski definition) is 1. The van der Waals surface area contributed by atoms with E-state index in [-0.39, 0.29) is 24.0 Å². The van der Waals surface area contributed by atoms with Crippen LogP contribution in [0.1, 0.15) is 0 Å². The summed E-state index contributed by atoms with van der Waals surface area (Å²) in [6.07, 6.45) is -0.260. The first-order chi connectivity index (χ1) is 5.78. The zero-order valence-corrected chi connectivity index (χ0v) is 8.01. The Kier molecular flexibility index (Phi) is 3.00. The fourth-order valence-electron chi connectivity index (χ4n) is 1.64. The largest absolute Gasteiger partial charge is 0.447 e. The Balaban J connectivity index is 0.000000845. The van der Waals surface area contributed by atoms with E-state index in [1.54, 1.807) is 4.90 Å². The monoisotopic (exact) mass is 208 g/mol. The molecule has 0 radical (unpaired) electrons. The first-order valence-electron chi connectivity index (χ1n) is 4.01. The van der Waals surface area contributed by atoms with Crippen LogP contribution in [-0.2, 0) is 9.47 Å². The van der Waals surface area contributed by atoms with Gasteiger partial charge in [0.1, 0.15) is 12.1 Å². The highest BCUT2D eigenvalue weighted by molar-refractivity contribution is 5.85. The van der Waals surface area contributed by atoms with Gasteiger partial charge in [0, 0.05) is 13.1 Å². The second kappa shape index (κ2) is 3.69. The lowest BCUT2D eigenvalue weighted by Crippen LogP contribution is -2.59. The summed E-state index contributed by atoms with van der Waals surface area (Å²) in [6.45, 7) is 2.43. The summed E-state index contributed by atoms with van der Waals surface area (Å²) < 4.78 is 10.2. The molecule has 0 aromatic heterocycles. The first-order valence-corrected chi connectivity index (χ1v) is 4.01. The highest BCUT2D eigenvalue weighted by Crippen LogP contribution is 2.26. The van der Waals surface area contributed by atoms with Gasteiger partial charge < -0.3 is 15.2 Å². The van der Waals surface area contributed by atoms with Crippen molar-refractivity contribution in [1.82, 2.24) is 4.90 Å². The van der Waals surface area contributed by atoms with Crippen LogP contribution in [0, 0.1) is 0 Å². The molecule has 76 valence electrons. The number of carbonyl (C=O) groups excluding carboxylic acids is 1. The van der Waals surface area contributed by atoms with Gasteiger partial charge in [-0.1, -0.05) is 0 Å². The third kappa shape index (κ3) is 1.47. The van der Waals surface area contributed by atoms with Crippen LogP contribution in [0.2, 0.25) is 0 Å². The van der Waals surface area contributed by atoms with Crippen LogP contribution in [0.3, 0.4) is 0 Å². The van der Waals surface area contributed by atoms with Crippen molar-refractivity contribution in [2.75, 3.05) is 32.9 Å². The van der Waals surface area contributed by atoms with Crippen molar-refractivity contribution in [3.63, 3.8) is 0 Å². The summed E-state index contributed by atoms with van der Waals surface area (Å²) in [5.74, 6) is 0. The Bertz CT molecular complexity index is 214. The highest BCUT2D eigenvalue weighted by Gasteiger charge is 2.48. The number of fused-ring (bicyclic) bond motifs is 1. The van der Waals surface area contributed by atoms with E-state index >= 15 is 0 Å².